The highest BCUT2D eigenvalue weighted by atomic mass is 32.2. The number of benzene rings is 3. The van der Waals surface area contributed by atoms with E-state index in [-0.39, 0.29) is 16.2 Å². The number of rotatable bonds is 7. The molecule has 32 heavy (non-hydrogen) atoms. The number of carboxylic acid groups (broad SMARTS) is 1. The van der Waals surface area contributed by atoms with E-state index < -0.39 is 15.8 Å². The van der Waals surface area contributed by atoms with Crippen LogP contribution < -0.4 is 0 Å². The lowest BCUT2D eigenvalue weighted by atomic mass is 10.0. The van der Waals surface area contributed by atoms with Gasteiger partial charge >= 0.3 is 5.97 Å². The molecular formula is C26H23NO4S. The van der Waals surface area contributed by atoms with Gasteiger partial charge in [-0.25, -0.2) is 8.42 Å². The summed E-state index contributed by atoms with van der Waals surface area (Å²) < 4.78 is 28.5. The van der Waals surface area contributed by atoms with Crippen LogP contribution in [0.3, 0.4) is 0 Å². The summed E-state index contributed by atoms with van der Waals surface area (Å²) in [5.74, 6) is -0.907. The van der Waals surface area contributed by atoms with E-state index in [0.29, 0.717) is 12.1 Å². The first-order valence-corrected chi connectivity index (χ1v) is 11.7. The summed E-state index contributed by atoms with van der Waals surface area (Å²) >= 11 is 0. The van der Waals surface area contributed by atoms with Crippen LogP contribution in [-0.2, 0) is 27.6 Å². The molecule has 0 aliphatic rings. The molecule has 3 aromatic carbocycles. The molecule has 0 unspecified atom stereocenters. The van der Waals surface area contributed by atoms with Crippen molar-refractivity contribution in [3.63, 3.8) is 0 Å². The summed E-state index contributed by atoms with van der Waals surface area (Å²) in [5, 5.41) is 9.45. The minimum Gasteiger partial charge on any atom is -0.481 e. The predicted octanol–water partition coefficient (Wildman–Crippen LogP) is 4.97. The Bertz CT molecular complexity index is 1360. The van der Waals surface area contributed by atoms with E-state index in [4.69, 9.17) is 0 Å². The third-order valence-electron chi connectivity index (χ3n) is 5.55. The molecule has 5 nitrogen and oxygen atoms in total. The first-order valence-electron chi connectivity index (χ1n) is 10.2. The van der Waals surface area contributed by atoms with Crippen molar-refractivity contribution in [2.24, 2.45) is 0 Å². The van der Waals surface area contributed by atoms with Crippen molar-refractivity contribution in [1.82, 2.24) is 4.57 Å². The van der Waals surface area contributed by atoms with Gasteiger partial charge in [0.25, 0.3) is 0 Å². The lowest BCUT2D eigenvalue weighted by molar-refractivity contribution is -0.136. The largest absolute Gasteiger partial charge is 0.481 e. The Balaban J connectivity index is 1.80. The summed E-state index contributed by atoms with van der Waals surface area (Å²) in [6.45, 7) is 2.19. The van der Waals surface area contributed by atoms with Crippen LogP contribution in [0.25, 0.3) is 11.1 Å². The number of aliphatic carboxylic acids is 1. The highest BCUT2D eigenvalue weighted by Crippen LogP contribution is 2.31. The zero-order valence-electron chi connectivity index (χ0n) is 17.6. The summed E-state index contributed by atoms with van der Waals surface area (Å²) in [6.07, 6.45) is 1.81. The fourth-order valence-electron chi connectivity index (χ4n) is 3.91. The van der Waals surface area contributed by atoms with Gasteiger partial charge in [0.05, 0.1) is 16.2 Å². The van der Waals surface area contributed by atoms with Gasteiger partial charge in [0.1, 0.15) is 0 Å². The van der Waals surface area contributed by atoms with Crippen molar-refractivity contribution in [3.8, 4) is 11.1 Å². The van der Waals surface area contributed by atoms with Gasteiger partial charge in [0.2, 0.25) is 9.84 Å². The number of hydrogen-bond donors (Lipinski definition) is 1. The molecule has 0 amide bonds. The third-order valence-corrected chi connectivity index (χ3v) is 7.42. The topological polar surface area (TPSA) is 76.4 Å². The van der Waals surface area contributed by atoms with Crippen LogP contribution in [0.1, 0.15) is 16.8 Å². The van der Waals surface area contributed by atoms with E-state index in [2.05, 4.69) is 0 Å². The SMILES string of the molecule is Cc1c(CC(=O)O)c(-c2ccccc2)cn1Cc1ccccc1S(=O)(=O)c1ccccc1. The van der Waals surface area contributed by atoms with Crippen LogP contribution in [0.4, 0.5) is 0 Å². The van der Waals surface area contributed by atoms with Crippen molar-refractivity contribution < 1.29 is 18.3 Å². The Morgan fingerprint density at radius 3 is 2.12 bits per heavy atom. The molecule has 1 heterocycles. The van der Waals surface area contributed by atoms with Crippen molar-refractivity contribution in [3.05, 3.63) is 108 Å². The molecule has 6 heteroatoms. The summed E-state index contributed by atoms with van der Waals surface area (Å²) in [4.78, 5) is 12.0. The van der Waals surface area contributed by atoms with Gasteiger partial charge in [0, 0.05) is 24.0 Å². The molecule has 0 spiro atoms. The molecule has 0 saturated heterocycles. The zero-order valence-corrected chi connectivity index (χ0v) is 18.4. The van der Waals surface area contributed by atoms with E-state index in [1.165, 1.54) is 0 Å². The molecule has 4 rings (SSSR count). The first kappa shape index (κ1) is 21.6. The van der Waals surface area contributed by atoms with Gasteiger partial charge in [0.15, 0.2) is 0 Å². The molecule has 0 saturated carbocycles. The molecule has 162 valence electrons. The van der Waals surface area contributed by atoms with Crippen LogP contribution >= 0.6 is 0 Å². The lowest BCUT2D eigenvalue weighted by Gasteiger charge is -2.13. The van der Waals surface area contributed by atoms with Crippen LogP contribution in [0.5, 0.6) is 0 Å². The van der Waals surface area contributed by atoms with Crippen LogP contribution in [-0.4, -0.2) is 24.1 Å². The number of hydrogen-bond acceptors (Lipinski definition) is 3. The average molecular weight is 446 g/mol. The second-order valence-corrected chi connectivity index (χ2v) is 9.51. The Kier molecular flexibility index (Phi) is 5.97. The summed E-state index contributed by atoms with van der Waals surface area (Å²) in [5.41, 5.74) is 3.95. The highest BCUT2D eigenvalue weighted by molar-refractivity contribution is 7.91. The quantitative estimate of drug-likeness (QED) is 0.436. The lowest BCUT2D eigenvalue weighted by Crippen LogP contribution is -2.10. The fourth-order valence-corrected chi connectivity index (χ4v) is 5.42. The number of sulfone groups is 1. The molecule has 0 radical (unpaired) electrons. The first-order chi connectivity index (χ1) is 15.4. The molecule has 0 bridgehead atoms. The fraction of sp³-hybridized carbons (Fsp3) is 0.115. The molecule has 0 fully saturated rings. The van der Waals surface area contributed by atoms with E-state index in [1.54, 1.807) is 48.5 Å². The number of nitrogens with zero attached hydrogens (tertiary/aromatic N) is 1. The minimum atomic E-state index is -3.68. The number of aromatic nitrogens is 1. The van der Waals surface area contributed by atoms with Crippen LogP contribution in [0.2, 0.25) is 0 Å². The highest BCUT2D eigenvalue weighted by Gasteiger charge is 2.22. The molecule has 0 aliphatic carbocycles. The van der Waals surface area contributed by atoms with Gasteiger partial charge < -0.3 is 9.67 Å². The van der Waals surface area contributed by atoms with Crippen molar-refractivity contribution >= 4 is 15.8 Å². The zero-order chi connectivity index (χ0) is 22.7. The summed E-state index contributed by atoms with van der Waals surface area (Å²) in [6, 6.07) is 24.9. The van der Waals surface area contributed by atoms with Crippen molar-refractivity contribution in [2.75, 3.05) is 0 Å². The van der Waals surface area contributed by atoms with Crippen LogP contribution in [0, 0.1) is 6.92 Å². The van der Waals surface area contributed by atoms with E-state index in [0.717, 1.165) is 22.4 Å². The maximum Gasteiger partial charge on any atom is 0.307 e. The number of carboxylic acids is 1. The average Bonchev–Trinajstić information content (AvgIpc) is 3.10. The normalized spacial score (nSPS) is 11.4. The van der Waals surface area contributed by atoms with E-state index in [1.807, 2.05) is 54.1 Å². The maximum atomic E-state index is 13.3. The standard InChI is InChI=1S/C26H23NO4S/c1-19-23(16-26(28)29)24(20-10-4-2-5-11-20)18-27(19)17-21-12-8-9-15-25(21)32(30,31)22-13-6-3-7-14-22/h2-15,18H,16-17H2,1H3,(H,28,29). The van der Waals surface area contributed by atoms with Gasteiger partial charge in [-0.2, -0.15) is 0 Å². The van der Waals surface area contributed by atoms with Gasteiger partial charge in [-0.3, -0.25) is 4.79 Å². The third kappa shape index (κ3) is 4.22. The summed E-state index contributed by atoms with van der Waals surface area (Å²) in [7, 11) is -3.68. The Morgan fingerprint density at radius 2 is 1.47 bits per heavy atom. The Hall–Kier alpha value is -3.64. The molecule has 4 aromatic rings. The van der Waals surface area contributed by atoms with Crippen LogP contribution in [0.15, 0.2) is 101 Å². The van der Waals surface area contributed by atoms with Gasteiger partial charge in [-0.05, 0) is 41.8 Å². The minimum absolute atomic E-state index is 0.104. The van der Waals surface area contributed by atoms with Crippen molar-refractivity contribution in [2.45, 2.75) is 29.7 Å². The monoisotopic (exact) mass is 445 g/mol. The molecular weight excluding hydrogens is 422 g/mol. The Morgan fingerprint density at radius 1 is 0.875 bits per heavy atom. The number of carbonyl (C=O) groups is 1. The smallest absolute Gasteiger partial charge is 0.307 e. The molecule has 1 aromatic heterocycles. The van der Waals surface area contributed by atoms with E-state index in [9.17, 15) is 18.3 Å². The maximum absolute atomic E-state index is 13.3. The second-order valence-electron chi connectivity index (χ2n) is 7.60. The van der Waals surface area contributed by atoms with Gasteiger partial charge in [-0.1, -0.05) is 66.7 Å². The van der Waals surface area contributed by atoms with E-state index >= 15 is 0 Å². The molecule has 1 N–H and O–H groups in total. The predicted molar refractivity (Wildman–Crippen MR) is 123 cm³/mol. The Labute approximate surface area is 187 Å². The van der Waals surface area contributed by atoms with Gasteiger partial charge in [-0.15, -0.1) is 0 Å². The van der Waals surface area contributed by atoms with Crippen molar-refractivity contribution in [1.29, 1.82) is 0 Å². The molecule has 0 aliphatic heterocycles. The second kappa shape index (κ2) is 8.85. The molecule has 0 atom stereocenters.